The van der Waals surface area contributed by atoms with Crippen LogP contribution < -0.4 is 9.47 Å². The molecule has 2 heterocycles. The molecule has 3 unspecified atom stereocenters. The standard InChI is InChI=1S/C28H28F4N2O3/c1-14-6-25(36-5-4-28(3,35)27(31)32)34-15(2)26(14)20-9-18(22(29)11-23(20)30)13-37-24-10-17-7-16-8-19(16)21(17)12-33-24/h6,9-12,16,19,27,35H,4-5,7-8,13H2,1-3H3. The first kappa shape index (κ1) is 25.4. The Morgan fingerprint density at radius 2 is 1.86 bits per heavy atom. The van der Waals surface area contributed by atoms with Gasteiger partial charge in [-0.3, -0.25) is 0 Å². The van der Waals surface area contributed by atoms with Crippen molar-refractivity contribution in [3.63, 3.8) is 0 Å². The Kier molecular flexibility index (Phi) is 6.60. The molecule has 0 saturated heterocycles. The molecule has 0 bridgehead atoms. The van der Waals surface area contributed by atoms with E-state index in [0.717, 1.165) is 19.4 Å². The Labute approximate surface area is 212 Å². The second kappa shape index (κ2) is 9.59. The minimum absolute atomic E-state index is 0.117. The van der Waals surface area contributed by atoms with Crippen LogP contribution in [0.2, 0.25) is 0 Å². The van der Waals surface area contributed by atoms with Crippen LogP contribution in [0.1, 0.15) is 53.6 Å². The number of pyridine rings is 2. The van der Waals surface area contributed by atoms with E-state index in [4.69, 9.17) is 9.47 Å². The highest BCUT2D eigenvalue weighted by molar-refractivity contribution is 5.71. The van der Waals surface area contributed by atoms with E-state index in [0.29, 0.717) is 34.5 Å². The Bertz CT molecular complexity index is 1320. The third-order valence-corrected chi connectivity index (χ3v) is 7.29. The van der Waals surface area contributed by atoms with Gasteiger partial charge in [0, 0.05) is 53.2 Å². The first-order valence-corrected chi connectivity index (χ1v) is 12.2. The largest absolute Gasteiger partial charge is 0.478 e. The first-order chi connectivity index (χ1) is 17.5. The monoisotopic (exact) mass is 516 g/mol. The number of nitrogens with zero attached hydrogens (tertiary/aromatic N) is 2. The molecule has 5 nitrogen and oxygen atoms in total. The van der Waals surface area contributed by atoms with Gasteiger partial charge < -0.3 is 14.6 Å². The van der Waals surface area contributed by atoms with Crippen LogP contribution in [-0.4, -0.2) is 33.7 Å². The smallest absolute Gasteiger partial charge is 0.266 e. The van der Waals surface area contributed by atoms with Crippen LogP contribution in [0.15, 0.2) is 30.5 Å². The zero-order valence-electron chi connectivity index (χ0n) is 20.8. The lowest BCUT2D eigenvalue weighted by Crippen LogP contribution is -2.35. The van der Waals surface area contributed by atoms with Crippen LogP contribution in [0.25, 0.3) is 11.1 Å². The fourth-order valence-corrected chi connectivity index (χ4v) is 5.01. The van der Waals surface area contributed by atoms with Gasteiger partial charge in [0.25, 0.3) is 6.43 Å². The molecule has 2 aliphatic carbocycles. The summed E-state index contributed by atoms with van der Waals surface area (Å²) in [6.07, 6.45) is 0.886. The molecule has 0 aliphatic heterocycles. The summed E-state index contributed by atoms with van der Waals surface area (Å²) in [6.45, 7) is 4.13. The number of hydrogen-bond donors (Lipinski definition) is 1. The number of benzene rings is 1. The van der Waals surface area contributed by atoms with E-state index in [1.165, 1.54) is 23.6 Å². The number of aliphatic hydroxyl groups is 1. The summed E-state index contributed by atoms with van der Waals surface area (Å²) in [7, 11) is 0. The average molecular weight is 517 g/mol. The maximum Gasteiger partial charge on any atom is 0.266 e. The second-order valence-corrected chi connectivity index (χ2v) is 10.2. The molecular formula is C28H28F4N2O3. The number of ether oxygens (including phenoxy) is 2. The highest BCUT2D eigenvalue weighted by Gasteiger charge is 2.45. The molecular weight excluding hydrogens is 488 g/mol. The molecule has 1 saturated carbocycles. The number of aromatic nitrogens is 2. The molecule has 3 atom stereocenters. The topological polar surface area (TPSA) is 64.5 Å². The van der Waals surface area contributed by atoms with Gasteiger partial charge in [0.15, 0.2) is 0 Å². The predicted octanol–water partition coefficient (Wildman–Crippen LogP) is 6.06. The quantitative estimate of drug-likeness (QED) is 0.350. The van der Waals surface area contributed by atoms with E-state index in [2.05, 4.69) is 9.97 Å². The van der Waals surface area contributed by atoms with Crippen molar-refractivity contribution in [2.24, 2.45) is 5.92 Å². The minimum atomic E-state index is -2.90. The number of rotatable bonds is 9. The SMILES string of the molecule is Cc1cc(OCCC(C)(O)C(F)F)nc(C)c1-c1cc(COc2cc3c(cn2)C2CC2C3)c(F)cc1F. The Hall–Kier alpha value is -3.20. The van der Waals surface area contributed by atoms with Gasteiger partial charge in [-0.2, -0.15) is 0 Å². The molecule has 0 radical (unpaired) electrons. The first-order valence-electron chi connectivity index (χ1n) is 12.2. The van der Waals surface area contributed by atoms with Crippen LogP contribution in [0.4, 0.5) is 17.6 Å². The van der Waals surface area contributed by atoms with Gasteiger partial charge in [-0.15, -0.1) is 0 Å². The van der Waals surface area contributed by atoms with E-state index < -0.39 is 23.7 Å². The average Bonchev–Trinajstić information content (AvgIpc) is 3.49. The van der Waals surface area contributed by atoms with Gasteiger partial charge in [0.2, 0.25) is 11.8 Å². The van der Waals surface area contributed by atoms with Gasteiger partial charge in [-0.25, -0.2) is 27.5 Å². The van der Waals surface area contributed by atoms with Gasteiger partial charge in [-0.1, -0.05) is 0 Å². The third kappa shape index (κ3) is 5.14. The van der Waals surface area contributed by atoms with Gasteiger partial charge >= 0.3 is 0 Å². The number of alkyl halides is 2. The normalized spacial score (nSPS) is 19.4. The summed E-state index contributed by atoms with van der Waals surface area (Å²) in [5.41, 5.74) is 2.18. The predicted molar refractivity (Wildman–Crippen MR) is 129 cm³/mol. The number of fused-ring (bicyclic) bond motifs is 3. The summed E-state index contributed by atoms with van der Waals surface area (Å²) in [5, 5.41) is 9.68. The van der Waals surface area contributed by atoms with Crippen molar-refractivity contribution in [2.45, 2.75) is 64.6 Å². The number of aryl methyl sites for hydroxylation is 2. The molecule has 3 aromatic rings. The molecule has 1 aromatic carbocycles. The summed E-state index contributed by atoms with van der Waals surface area (Å²) in [4.78, 5) is 8.67. The summed E-state index contributed by atoms with van der Waals surface area (Å²) in [6, 6.07) is 5.69. The van der Waals surface area contributed by atoms with E-state index in [-0.39, 0.29) is 36.6 Å². The van der Waals surface area contributed by atoms with E-state index in [9.17, 15) is 22.7 Å². The fraction of sp³-hybridized carbons (Fsp3) is 0.429. The second-order valence-electron chi connectivity index (χ2n) is 10.2. The lowest BCUT2D eigenvalue weighted by atomic mass is 9.97. The molecule has 37 heavy (non-hydrogen) atoms. The fourth-order valence-electron chi connectivity index (χ4n) is 5.01. The molecule has 5 rings (SSSR count). The van der Waals surface area contributed by atoms with Crippen LogP contribution in [0.3, 0.4) is 0 Å². The van der Waals surface area contributed by atoms with Crippen molar-refractivity contribution >= 4 is 0 Å². The van der Waals surface area contributed by atoms with E-state index in [1.54, 1.807) is 19.9 Å². The Morgan fingerprint density at radius 3 is 2.59 bits per heavy atom. The highest BCUT2D eigenvalue weighted by Crippen LogP contribution is 2.56. The van der Waals surface area contributed by atoms with Crippen molar-refractivity contribution in [3.05, 3.63) is 70.0 Å². The summed E-state index contributed by atoms with van der Waals surface area (Å²) < 4.78 is 66.4. The van der Waals surface area contributed by atoms with Crippen molar-refractivity contribution < 1.29 is 32.1 Å². The van der Waals surface area contributed by atoms with Crippen LogP contribution >= 0.6 is 0 Å². The number of hydrogen-bond acceptors (Lipinski definition) is 5. The van der Waals surface area contributed by atoms with Crippen molar-refractivity contribution in [1.29, 1.82) is 0 Å². The molecule has 196 valence electrons. The van der Waals surface area contributed by atoms with Gasteiger partial charge in [0.1, 0.15) is 23.8 Å². The third-order valence-electron chi connectivity index (χ3n) is 7.29. The van der Waals surface area contributed by atoms with Crippen molar-refractivity contribution in [1.82, 2.24) is 9.97 Å². The van der Waals surface area contributed by atoms with Crippen molar-refractivity contribution in [2.75, 3.05) is 6.61 Å². The summed E-state index contributed by atoms with van der Waals surface area (Å²) in [5.74, 6) is 0.442. The lowest BCUT2D eigenvalue weighted by molar-refractivity contribution is -0.0927. The molecule has 1 fully saturated rings. The summed E-state index contributed by atoms with van der Waals surface area (Å²) >= 11 is 0. The van der Waals surface area contributed by atoms with E-state index in [1.807, 2.05) is 12.3 Å². The molecule has 9 heteroatoms. The van der Waals surface area contributed by atoms with Crippen molar-refractivity contribution in [3.8, 4) is 22.9 Å². The van der Waals surface area contributed by atoms with E-state index >= 15 is 0 Å². The highest BCUT2D eigenvalue weighted by atomic mass is 19.3. The van der Waals surface area contributed by atoms with Crippen LogP contribution in [0, 0.1) is 31.4 Å². The van der Waals surface area contributed by atoms with Gasteiger partial charge in [-0.05, 0) is 68.2 Å². The van der Waals surface area contributed by atoms with Crippen LogP contribution in [0.5, 0.6) is 11.8 Å². The molecule has 0 spiro atoms. The van der Waals surface area contributed by atoms with Gasteiger partial charge in [0.05, 0.1) is 6.61 Å². The molecule has 2 aromatic heterocycles. The minimum Gasteiger partial charge on any atom is -0.478 e. The molecule has 1 N–H and O–H groups in total. The van der Waals surface area contributed by atoms with Crippen LogP contribution in [-0.2, 0) is 13.0 Å². The maximum atomic E-state index is 14.9. The maximum absolute atomic E-state index is 14.9. The Morgan fingerprint density at radius 1 is 1.08 bits per heavy atom. The lowest BCUT2D eigenvalue weighted by Gasteiger charge is -2.22. The zero-order chi connectivity index (χ0) is 26.5. The number of halogens is 4. The molecule has 0 amide bonds. The zero-order valence-corrected chi connectivity index (χ0v) is 20.8. The Balaban J connectivity index is 1.32. The molecule has 2 aliphatic rings.